The van der Waals surface area contributed by atoms with Crippen molar-refractivity contribution < 1.29 is 20.8 Å². The third kappa shape index (κ3) is 10.9. The van der Waals surface area contributed by atoms with Crippen molar-refractivity contribution in [3.63, 3.8) is 0 Å². The summed E-state index contributed by atoms with van der Waals surface area (Å²) < 4.78 is 0. The fourth-order valence-electron chi connectivity index (χ4n) is 5.48. The van der Waals surface area contributed by atoms with E-state index in [2.05, 4.69) is 151 Å². The summed E-state index contributed by atoms with van der Waals surface area (Å²) in [6.07, 6.45) is 3.30. The maximum absolute atomic E-state index is 4.93. The van der Waals surface area contributed by atoms with E-state index in [1.54, 1.807) is 0 Å². The van der Waals surface area contributed by atoms with Crippen molar-refractivity contribution in [2.24, 2.45) is 0 Å². The van der Waals surface area contributed by atoms with Crippen LogP contribution in [0.15, 0.2) is 109 Å². The summed E-state index contributed by atoms with van der Waals surface area (Å²) in [6, 6.07) is 42.9. The van der Waals surface area contributed by atoms with E-state index in [1.165, 1.54) is 87.7 Å². The van der Waals surface area contributed by atoms with Gasteiger partial charge in [0, 0.05) is 9.52 Å². The summed E-state index contributed by atoms with van der Waals surface area (Å²) in [4.78, 5) is 0. The Morgan fingerprint density at radius 2 is 1.02 bits per heavy atom. The summed E-state index contributed by atoms with van der Waals surface area (Å²) in [5, 5.41) is 5.43. The van der Waals surface area contributed by atoms with E-state index in [0.717, 1.165) is 19.3 Å². The van der Waals surface area contributed by atoms with Crippen LogP contribution in [-0.4, -0.2) is 9.52 Å². The monoisotopic (exact) mass is 726 g/mol. The van der Waals surface area contributed by atoms with E-state index in [-0.39, 0.29) is 0 Å². The molecule has 0 N–H and O–H groups in total. The first-order valence-electron chi connectivity index (χ1n) is 16.1. The first-order chi connectivity index (χ1) is 21.9. The second kappa shape index (κ2) is 20.1. The van der Waals surface area contributed by atoms with Gasteiger partial charge < -0.3 is 0 Å². The first kappa shape index (κ1) is 37.2. The Hall–Kier alpha value is -2.22. The van der Waals surface area contributed by atoms with Crippen molar-refractivity contribution in [1.29, 1.82) is 0 Å². The SMILES string of the molecule is CC[Si]CC.CCc1ccc(-c2cccc3[cH-]c(C)cc23)cc1.CCc1ccc(-c2cccc3[cH-]c(CC)cc23)cc1.[Cl][Zr+2][Cl]. The van der Waals surface area contributed by atoms with Crippen molar-refractivity contribution in [1.82, 2.24) is 0 Å². The van der Waals surface area contributed by atoms with E-state index >= 15 is 0 Å². The molecule has 0 unspecified atom stereocenters. The molecule has 0 fully saturated rings. The van der Waals surface area contributed by atoms with Gasteiger partial charge in [0.2, 0.25) is 0 Å². The van der Waals surface area contributed by atoms with Gasteiger partial charge in [0.1, 0.15) is 0 Å². The number of rotatable bonds is 7. The zero-order valence-corrected chi connectivity index (χ0v) is 32.7. The average Bonchev–Trinajstić information content (AvgIpc) is 3.69. The van der Waals surface area contributed by atoms with Gasteiger partial charge >= 0.3 is 37.9 Å². The normalized spacial score (nSPS) is 10.2. The third-order valence-electron chi connectivity index (χ3n) is 7.96. The molecule has 6 aromatic carbocycles. The fraction of sp³-hybridized carbons (Fsp3) is 0.268. The molecular weight excluding hydrogens is 683 g/mol. The van der Waals surface area contributed by atoms with Gasteiger partial charge in [-0.3, -0.25) is 0 Å². The molecule has 0 aliphatic rings. The molecule has 6 aromatic rings. The van der Waals surface area contributed by atoms with Gasteiger partial charge in [-0.1, -0.05) is 125 Å². The molecule has 0 heterocycles. The second-order valence-electron chi connectivity index (χ2n) is 11.0. The Balaban J connectivity index is 0.000000199. The number of hydrogen-bond acceptors (Lipinski definition) is 0. The van der Waals surface area contributed by atoms with Crippen molar-refractivity contribution in [3.05, 3.63) is 131 Å². The van der Waals surface area contributed by atoms with Gasteiger partial charge in [-0.15, -0.1) is 69.1 Å². The van der Waals surface area contributed by atoms with Gasteiger partial charge in [-0.2, -0.15) is 12.1 Å². The number of hydrogen-bond donors (Lipinski definition) is 0. The molecule has 0 nitrogen and oxygen atoms in total. The molecule has 0 atom stereocenters. The van der Waals surface area contributed by atoms with Crippen molar-refractivity contribution >= 4 is 48.1 Å². The molecule has 0 amide bonds. The third-order valence-corrected chi connectivity index (χ3v) is 8.96. The molecule has 0 saturated carbocycles. The number of halogens is 2. The van der Waals surface area contributed by atoms with Crippen LogP contribution < -0.4 is 0 Å². The molecule has 2 radical (unpaired) electrons. The number of benzene rings is 4. The number of fused-ring (bicyclic) bond motifs is 2. The Bertz CT molecular complexity index is 1690. The Labute approximate surface area is 293 Å². The van der Waals surface area contributed by atoms with Crippen LogP contribution in [0.4, 0.5) is 0 Å². The molecule has 0 bridgehead atoms. The van der Waals surface area contributed by atoms with Crippen LogP contribution in [0, 0.1) is 6.92 Å². The van der Waals surface area contributed by atoms with Crippen LogP contribution in [0.2, 0.25) is 12.1 Å². The van der Waals surface area contributed by atoms with Crippen LogP contribution in [0.3, 0.4) is 0 Å². The van der Waals surface area contributed by atoms with Crippen LogP contribution in [-0.2, 0) is 40.1 Å². The van der Waals surface area contributed by atoms with E-state index in [1.807, 2.05) is 0 Å². The van der Waals surface area contributed by atoms with Crippen molar-refractivity contribution in [2.45, 2.75) is 72.9 Å². The van der Waals surface area contributed by atoms with Gasteiger partial charge in [0.25, 0.3) is 0 Å². The summed E-state index contributed by atoms with van der Waals surface area (Å²) in [5.41, 5.74) is 10.9. The molecular formula is C41H46Cl2SiZr. The predicted molar refractivity (Wildman–Crippen MR) is 201 cm³/mol. The van der Waals surface area contributed by atoms with Gasteiger partial charge in [0.05, 0.1) is 0 Å². The molecule has 0 saturated heterocycles. The average molecular weight is 729 g/mol. The molecule has 45 heavy (non-hydrogen) atoms. The van der Waals surface area contributed by atoms with Crippen LogP contribution >= 0.6 is 17.0 Å². The summed E-state index contributed by atoms with van der Waals surface area (Å²) in [7, 11) is 11.1. The summed E-state index contributed by atoms with van der Waals surface area (Å²) >= 11 is -0.826. The Morgan fingerprint density at radius 3 is 1.42 bits per heavy atom. The van der Waals surface area contributed by atoms with Crippen molar-refractivity contribution in [2.75, 3.05) is 0 Å². The van der Waals surface area contributed by atoms with E-state index < -0.39 is 20.8 Å². The minimum absolute atomic E-state index is 0.826. The van der Waals surface area contributed by atoms with Crippen LogP contribution in [0.5, 0.6) is 0 Å². The van der Waals surface area contributed by atoms with E-state index in [0.29, 0.717) is 0 Å². The first-order valence-corrected chi connectivity index (χ1v) is 23.9. The predicted octanol–water partition coefficient (Wildman–Crippen LogP) is 13.4. The molecule has 0 aliphatic carbocycles. The maximum atomic E-state index is 4.93. The van der Waals surface area contributed by atoms with Crippen LogP contribution in [0.25, 0.3) is 43.8 Å². The van der Waals surface area contributed by atoms with Gasteiger partial charge in [-0.05, 0) is 41.5 Å². The van der Waals surface area contributed by atoms with Crippen LogP contribution in [0.1, 0.15) is 56.9 Å². The van der Waals surface area contributed by atoms with E-state index in [9.17, 15) is 0 Å². The fourth-order valence-corrected chi connectivity index (χ4v) is 5.98. The molecule has 0 spiro atoms. The van der Waals surface area contributed by atoms with Gasteiger partial charge in [0.15, 0.2) is 0 Å². The summed E-state index contributed by atoms with van der Waals surface area (Å²) in [6.45, 7) is 13.2. The van der Waals surface area contributed by atoms with Crippen molar-refractivity contribution in [3.8, 4) is 22.3 Å². The molecule has 0 aliphatic heterocycles. The van der Waals surface area contributed by atoms with E-state index in [4.69, 9.17) is 17.0 Å². The minimum atomic E-state index is -0.826. The molecule has 232 valence electrons. The Kier molecular flexibility index (Phi) is 16.6. The topological polar surface area (TPSA) is 0 Å². The number of aryl methyl sites for hydroxylation is 4. The zero-order valence-electron chi connectivity index (χ0n) is 27.7. The standard InChI is InChI=1S/C19H19.C18H17.C4H10Si.2ClH.Zr/c1-3-14-8-10-16(11-9-14)18-7-5-6-17-12-15(4-2)13-19(17)18;1-3-14-7-9-15(10-8-14)17-6-4-5-16-11-13(2)12-18(16)17;1-3-5-4-2;;;/h5-13H,3-4H2,1-2H3;4-12H,3H2,1-2H3;3-4H2,1-2H3;2*1H;/q2*-1;;;;+4/p-2. The van der Waals surface area contributed by atoms with Gasteiger partial charge in [-0.25, -0.2) is 0 Å². The zero-order chi connectivity index (χ0) is 32.6. The Morgan fingerprint density at radius 1 is 0.578 bits per heavy atom. The second-order valence-corrected chi connectivity index (χ2v) is 16.6. The summed E-state index contributed by atoms with van der Waals surface area (Å²) in [5.74, 6) is 0. The molecule has 6 rings (SSSR count). The molecule has 0 aromatic heterocycles. The molecule has 4 heteroatoms. The quantitative estimate of drug-likeness (QED) is 0.113.